The van der Waals surface area contributed by atoms with E-state index in [0.29, 0.717) is 32.9 Å². The summed E-state index contributed by atoms with van der Waals surface area (Å²) in [6, 6.07) is 12.6. The maximum atomic E-state index is 13.4. The molecule has 0 saturated carbocycles. The topological polar surface area (TPSA) is 37.8 Å². The highest BCUT2D eigenvalue weighted by molar-refractivity contribution is 6.39. The van der Waals surface area contributed by atoms with Gasteiger partial charge in [-0.15, -0.1) is 0 Å². The lowest BCUT2D eigenvalue weighted by molar-refractivity contribution is 0.628. The average Bonchev–Trinajstić information content (AvgIpc) is 2.51. The number of rotatable bonds is 3. The zero-order valence-electron chi connectivity index (χ0n) is 11.5. The Balaban J connectivity index is 2.01. The number of anilines is 2. The SMILES string of the molecule is Fc1cccc(-c2nc(Cl)cc(Nc3c(Cl)cccc3Cl)n2)c1. The minimum absolute atomic E-state index is 0.213. The van der Waals surface area contributed by atoms with Crippen LogP contribution in [0.15, 0.2) is 48.5 Å². The molecule has 116 valence electrons. The Kier molecular flexibility index (Phi) is 4.66. The van der Waals surface area contributed by atoms with E-state index in [2.05, 4.69) is 15.3 Å². The van der Waals surface area contributed by atoms with Gasteiger partial charge in [0.05, 0.1) is 15.7 Å². The molecule has 0 aliphatic heterocycles. The second-order valence-corrected chi connectivity index (χ2v) is 5.83. The zero-order valence-corrected chi connectivity index (χ0v) is 13.8. The quantitative estimate of drug-likeness (QED) is 0.577. The number of nitrogens with zero attached hydrogens (tertiary/aromatic N) is 2. The molecule has 0 bridgehead atoms. The number of para-hydroxylation sites is 1. The predicted molar refractivity (Wildman–Crippen MR) is 92.2 cm³/mol. The molecule has 1 aromatic heterocycles. The lowest BCUT2D eigenvalue weighted by Gasteiger charge is -2.11. The fourth-order valence-corrected chi connectivity index (χ4v) is 2.66. The number of benzene rings is 2. The van der Waals surface area contributed by atoms with E-state index in [0.717, 1.165) is 0 Å². The van der Waals surface area contributed by atoms with Crippen LogP contribution in [-0.2, 0) is 0 Å². The zero-order chi connectivity index (χ0) is 16.4. The summed E-state index contributed by atoms with van der Waals surface area (Å²) in [5.41, 5.74) is 1.02. The molecular formula is C16H9Cl3FN3. The van der Waals surface area contributed by atoms with Crippen LogP contribution in [0.2, 0.25) is 15.2 Å². The summed E-state index contributed by atoms with van der Waals surface area (Å²) in [6.45, 7) is 0. The Labute approximate surface area is 147 Å². The van der Waals surface area contributed by atoms with Gasteiger partial charge in [0.2, 0.25) is 0 Å². The van der Waals surface area contributed by atoms with Gasteiger partial charge in [-0.1, -0.05) is 53.0 Å². The van der Waals surface area contributed by atoms with Crippen molar-refractivity contribution in [3.8, 4) is 11.4 Å². The van der Waals surface area contributed by atoms with Crippen LogP contribution in [0.25, 0.3) is 11.4 Å². The Morgan fingerprint density at radius 2 is 1.57 bits per heavy atom. The molecule has 0 atom stereocenters. The molecule has 1 N–H and O–H groups in total. The first kappa shape index (κ1) is 16.0. The van der Waals surface area contributed by atoms with E-state index >= 15 is 0 Å². The fraction of sp³-hybridized carbons (Fsp3) is 0. The van der Waals surface area contributed by atoms with Crippen molar-refractivity contribution in [2.75, 3.05) is 5.32 Å². The first-order chi connectivity index (χ1) is 11.0. The first-order valence-electron chi connectivity index (χ1n) is 6.54. The molecule has 3 aromatic rings. The third-order valence-electron chi connectivity index (χ3n) is 2.99. The highest BCUT2D eigenvalue weighted by atomic mass is 35.5. The van der Waals surface area contributed by atoms with E-state index in [1.54, 1.807) is 30.3 Å². The molecule has 3 rings (SSSR count). The molecule has 0 spiro atoms. The van der Waals surface area contributed by atoms with Crippen molar-refractivity contribution in [1.29, 1.82) is 0 Å². The van der Waals surface area contributed by atoms with Crippen molar-refractivity contribution in [2.24, 2.45) is 0 Å². The van der Waals surface area contributed by atoms with Crippen LogP contribution in [0.1, 0.15) is 0 Å². The number of halogens is 4. The van der Waals surface area contributed by atoms with Crippen LogP contribution < -0.4 is 5.32 Å². The number of aromatic nitrogens is 2. The standard InChI is InChI=1S/C16H9Cl3FN3/c17-11-5-2-6-12(18)15(11)22-14-8-13(19)21-16(23-14)9-3-1-4-10(20)7-9/h1-8H,(H,21,22,23). The number of hydrogen-bond donors (Lipinski definition) is 1. The van der Waals surface area contributed by atoms with Crippen LogP contribution in [-0.4, -0.2) is 9.97 Å². The van der Waals surface area contributed by atoms with Gasteiger partial charge in [0.15, 0.2) is 5.82 Å². The molecule has 0 radical (unpaired) electrons. The second-order valence-electron chi connectivity index (χ2n) is 4.63. The Morgan fingerprint density at radius 1 is 0.870 bits per heavy atom. The van der Waals surface area contributed by atoms with Crippen molar-refractivity contribution in [3.63, 3.8) is 0 Å². The lowest BCUT2D eigenvalue weighted by atomic mass is 10.2. The normalized spacial score (nSPS) is 10.6. The van der Waals surface area contributed by atoms with Gasteiger partial charge in [0.25, 0.3) is 0 Å². The summed E-state index contributed by atoms with van der Waals surface area (Å²) >= 11 is 18.3. The summed E-state index contributed by atoms with van der Waals surface area (Å²) < 4.78 is 13.4. The predicted octanol–water partition coefficient (Wildman–Crippen LogP) is 5.99. The minimum Gasteiger partial charge on any atom is -0.338 e. The maximum absolute atomic E-state index is 13.4. The van der Waals surface area contributed by atoms with Gasteiger partial charge in [-0.05, 0) is 24.3 Å². The third kappa shape index (κ3) is 3.72. The summed E-state index contributed by atoms with van der Waals surface area (Å²) in [4.78, 5) is 8.45. The highest BCUT2D eigenvalue weighted by Gasteiger charge is 2.10. The summed E-state index contributed by atoms with van der Waals surface area (Å²) in [5, 5.41) is 4.11. The highest BCUT2D eigenvalue weighted by Crippen LogP contribution is 2.33. The van der Waals surface area contributed by atoms with Crippen LogP contribution in [0.5, 0.6) is 0 Å². The van der Waals surface area contributed by atoms with Crippen LogP contribution in [0.4, 0.5) is 15.9 Å². The molecule has 23 heavy (non-hydrogen) atoms. The molecule has 1 heterocycles. The van der Waals surface area contributed by atoms with Crippen molar-refractivity contribution < 1.29 is 4.39 Å². The number of nitrogens with one attached hydrogen (secondary N) is 1. The smallest absolute Gasteiger partial charge is 0.163 e. The van der Waals surface area contributed by atoms with Crippen LogP contribution in [0, 0.1) is 5.82 Å². The van der Waals surface area contributed by atoms with Gasteiger partial charge in [-0.3, -0.25) is 0 Å². The van der Waals surface area contributed by atoms with Crippen molar-refractivity contribution in [2.45, 2.75) is 0 Å². The monoisotopic (exact) mass is 367 g/mol. The van der Waals surface area contributed by atoms with E-state index in [1.165, 1.54) is 18.2 Å². The first-order valence-corrected chi connectivity index (χ1v) is 7.68. The van der Waals surface area contributed by atoms with Gasteiger partial charge in [0.1, 0.15) is 16.8 Å². The van der Waals surface area contributed by atoms with Crippen LogP contribution in [0.3, 0.4) is 0 Å². The molecule has 0 aliphatic rings. The molecule has 0 fully saturated rings. The van der Waals surface area contributed by atoms with Crippen LogP contribution >= 0.6 is 34.8 Å². The fourth-order valence-electron chi connectivity index (χ4n) is 1.98. The summed E-state index contributed by atoms with van der Waals surface area (Å²) in [6.07, 6.45) is 0. The van der Waals surface area contributed by atoms with Crippen molar-refractivity contribution >= 4 is 46.3 Å². The number of hydrogen-bond acceptors (Lipinski definition) is 3. The van der Waals surface area contributed by atoms with Gasteiger partial charge in [-0.25, -0.2) is 14.4 Å². The Morgan fingerprint density at radius 3 is 2.26 bits per heavy atom. The average molecular weight is 369 g/mol. The lowest BCUT2D eigenvalue weighted by Crippen LogP contribution is -1.99. The molecule has 0 amide bonds. The van der Waals surface area contributed by atoms with Gasteiger partial charge in [-0.2, -0.15) is 0 Å². The van der Waals surface area contributed by atoms with Crippen molar-refractivity contribution in [3.05, 3.63) is 69.5 Å². The van der Waals surface area contributed by atoms with E-state index in [4.69, 9.17) is 34.8 Å². The van der Waals surface area contributed by atoms with E-state index in [-0.39, 0.29) is 11.0 Å². The van der Waals surface area contributed by atoms with E-state index in [1.807, 2.05) is 0 Å². The maximum Gasteiger partial charge on any atom is 0.163 e. The van der Waals surface area contributed by atoms with E-state index < -0.39 is 0 Å². The Hall–Kier alpha value is -1.88. The molecule has 0 aliphatic carbocycles. The minimum atomic E-state index is -0.380. The largest absolute Gasteiger partial charge is 0.338 e. The third-order valence-corrected chi connectivity index (χ3v) is 3.82. The van der Waals surface area contributed by atoms with Gasteiger partial charge >= 0.3 is 0 Å². The van der Waals surface area contributed by atoms with Gasteiger partial charge < -0.3 is 5.32 Å². The molecule has 0 saturated heterocycles. The van der Waals surface area contributed by atoms with Gasteiger partial charge in [0, 0.05) is 11.6 Å². The van der Waals surface area contributed by atoms with E-state index in [9.17, 15) is 4.39 Å². The molecule has 0 unspecified atom stereocenters. The Bertz CT molecular complexity index is 851. The molecule has 2 aromatic carbocycles. The summed E-state index contributed by atoms with van der Waals surface area (Å²) in [5.74, 6) is 0.316. The molecule has 3 nitrogen and oxygen atoms in total. The second kappa shape index (κ2) is 6.71. The van der Waals surface area contributed by atoms with Crippen molar-refractivity contribution in [1.82, 2.24) is 9.97 Å². The molecular weight excluding hydrogens is 360 g/mol. The molecule has 7 heteroatoms. The summed E-state index contributed by atoms with van der Waals surface area (Å²) in [7, 11) is 0.